The average Bonchev–Trinajstić information content (AvgIpc) is 3.14. The lowest BCUT2D eigenvalue weighted by Crippen LogP contribution is -2.76. The Labute approximate surface area is 194 Å². The third-order valence-electron chi connectivity index (χ3n) is 7.08. The number of nitrogens with zero attached hydrogens (tertiary/aromatic N) is 2. The van der Waals surface area contributed by atoms with E-state index in [0.29, 0.717) is 29.4 Å². The standard InChI is InChI=1S/C22H20ClN3O4S2/c1-32(28,29)22(8-9-22)16-7-6-15(30-16)18(27)25-21-10-20(11-21,12-21)19-24-17(26-31-19)13-2-4-14(23)5-3-13/h2-7H,8-12H2,1H3,(H,25,27). The van der Waals surface area contributed by atoms with Crippen LogP contribution >= 0.6 is 23.1 Å². The van der Waals surface area contributed by atoms with Gasteiger partial charge in [-0.2, -0.15) is 4.37 Å². The Morgan fingerprint density at radius 2 is 1.81 bits per heavy atom. The Morgan fingerprint density at radius 1 is 1.12 bits per heavy atom. The number of amides is 1. The molecule has 3 aromatic rings. The number of benzene rings is 1. The van der Waals surface area contributed by atoms with Crippen molar-refractivity contribution in [2.45, 2.75) is 47.8 Å². The third kappa shape index (κ3) is 2.90. The number of sulfone groups is 1. The van der Waals surface area contributed by atoms with E-state index in [-0.39, 0.29) is 22.6 Å². The quantitative estimate of drug-likeness (QED) is 0.559. The number of rotatable bonds is 6. The molecule has 166 valence electrons. The second-order valence-electron chi connectivity index (χ2n) is 9.41. The molecule has 1 aromatic carbocycles. The van der Waals surface area contributed by atoms with Gasteiger partial charge in [0.05, 0.1) is 0 Å². The number of nitrogens with one attached hydrogen (secondary N) is 1. The maximum absolute atomic E-state index is 12.8. The molecule has 1 N–H and O–H groups in total. The number of halogens is 1. The molecule has 4 fully saturated rings. The molecule has 7 rings (SSSR count). The number of hydrogen-bond donors (Lipinski definition) is 1. The summed E-state index contributed by atoms with van der Waals surface area (Å²) < 4.78 is 33.4. The minimum atomic E-state index is -3.28. The van der Waals surface area contributed by atoms with Gasteiger partial charge in [0.2, 0.25) is 0 Å². The lowest BCUT2D eigenvalue weighted by Gasteiger charge is -2.69. The number of carbonyl (C=O) groups excluding carboxylic acids is 1. The van der Waals surface area contributed by atoms with E-state index in [9.17, 15) is 13.2 Å². The molecular weight excluding hydrogens is 470 g/mol. The van der Waals surface area contributed by atoms with E-state index in [1.807, 2.05) is 24.3 Å². The molecule has 7 nitrogen and oxygen atoms in total. The van der Waals surface area contributed by atoms with Gasteiger partial charge in [0.15, 0.2) is 21.4 Å². The van der Waals surface area contributed by atoms with Gasteiger partial charge in [0.1, 0.15) is 15.5 Å². The Balaban J connectivity index is 1.12. The van der Waals surface area contributed by atoms with Crippen LogP contribution in [-0.4, -0.2) is 35.5 Å². The zero-order valence-corrected chi connectivity index (χ0v) is 19.6. The number of aromatic nitrogens is 2. The van der Waals surface area contributed by atoms with Crippen LogP contribution in [0.5, 0.6) is 0 Å². The van der Waals surface area contributed by atoms with Crippen LogP contribution in [0, 0.1) is 0 Å². The summed E-state index contributed by atoms with van der Waals surface area (Å²) in [6, 6.07) is 10.6. The van der Waals surface area contributed by atoms with Gasteiger partial charge in [-0.3, -0.25) is 4.79 Å². The van der Waals surface area contributed by atoms with Crippen LogP contribution in [0.1, 0.15) is 53.4 Å². The Kier molecular flexibility index (Phi) is 4.09. The Hall–Kier alpha value is -2.23. The highest BCUT2D eigenvalue weighted by atomic mass is 35.5. The van der Waals surface area contributed by atoms with Gasteiger partial charge in [-0.25, -0.2) is 13.4 Å². The first kappa shape index (κ1) is 20.4. The number of carbonyl (C=O) groups is 1. The summed E-state index contributed by atoms with van der Waals surface area (Å²) in [5, 5.41) is 4.77. The molecule has 0 radical (unpaired) electrons. The lowest BCUT2D eigenvalue weighted by atomic mass is 9.39. The van der Waals surface area contributed by atoms with Crippen molar-refractivity contribution in [3.05, 3.63) is 57.9 Å². The fourth-order valence-corrected chi connectivity index (χ4v) is 7.52. The van der Waals surface area contributed by atoms with Gasteiger partial charge in [-0.15, -0.1) is 0 Å². The summed E-state index contributed by atoms with van der Waals surface area (Å²) in [6.45, 7) is 0. The van der Waals surface area contributed by atoms with Crippen molar-refractivity contribution in [1.82, 2.24) is 14.7 Å². The highest BCUT2D eigenvalue weighted by molar-refractivity contribution is 7.91. The van der Waals surface area contributed by atoms with Crippen molar-refractivity contribution in [2.75, 3.05) is 6.26 Å². The van der Waals surface area contributed by atoms with Gasteiger partial charge in [-0.05, 0) is 80.0 Å². The highest BCUT2D eigenvalue weighted by Crippen LogP contribution is 2.68. The van der Waals surface area contributed by atoms with Crippen molar-refractivity contribution < 1.29 is 17.6 Å². The minimum Gasteiger partial charge on any atom is -0.454 e. The summed E-state index contributed by atoms with van der Waals surface area (Å²) in [7, 11) is -3.28. The van der Waals surface area contributed by atoms with E-state index >= 15 is 0 Å². The molecule has 0 unspecified atom stereocenters. The molecule has 2 aromatic heterocycles. The zero-order valence-electron chi connectivity index (χ0n) is 17.2. The smallest absolute Gasteiger partial charge is 0.287 e. The summed E-state index contributed by atoms with van der Waals surface area (Å²) in [5.74, 6) is 0.929. The lowest BCUT2D eigenvalue weighted by molar-refractivity contribution is -0.0812. The van der Waals surface area contributed by atoms with E-state index in [1.54, 1.807) is 12.1 Å². The topological polar surface area (TPSA) is 102 Å². The molecule has 0 atom stereocenters. The van der Waals surface area contributed by atoms with Crippen molar-refractivity contribution >= 4 is 38.9 Å². The molecule has 4 aliphatic carbocycles. The molecule has 1 amide bonds. The highest BCUT2D eigenvalue weighted by Gasteiger charge is 2.70. The minimum absolute atomic E-state index is 0.0156. The fraction of sp³-hybridized carbons (Fsp3) is 0.409. The van der Waals surface area contributed by atoms with E-state index < -0.39 is 14.6 Å². The van der Waals surface area contributed by atoms with Gasteiger partial charge >= 0.3 is 0 Å². The predicted molar refractivity (Wildman–Crippen MR) is 121 cm³/mol. The van der Waals surface area contributed by atoms with Crippen LogP contribution in [0.15, 0.2) is 40.8 Å². The molecule has 2 bridgehead atoms. The van der Waals surface area contributed by atoms with E-state index in [4.69, 9.17) is 21.0 Å². The Bertz CT molecular complexity index is 1340. The maximum Gasteiger partial charge on any atom is 0.287 e. The van der Waals surface area contributed by atoms with Crippen LogP contribution in [-0.2, 0) is 20.0 Å². The zero-order chi connectivity index (χ0) is 22.4. The second kappa shape index (κ2) is 6.42. The van der Waals surface area contributed by atoms with Gasteiger partial charge in [0, 0.05) is 27.8 Å². The first-order chi connectivity index (χ1) is 15.1. The monoisotopic (exact) mass is 489 g/mol. The first-order valence-electron chi connectivity index (χ1n) is 10.4. The van der Waals surface area contributed by atoms with Crippen molar-refractivity contribution in [3.63, 3.8) is 0 Å². The number of furan rings is 1. The van der Waals surface area contributed by atoms with Crippen LogP contribution in [0.4, 0.5) is 0 Å². The summed E-state index contributed by atoms with van der Waals surface area (Å²) >= 11 is 7.37. The Morgan fingerprint density at radius 3 is 2.44 bits per heavy atom. The van der Waals surface area contributed by atoms with Crippen LogP contribution in [0.2, 0.25) is 5.02 Å². The van der Waals surface area contributed by atoms with Gasteiger partial charge in [0.25, 0.3) is 5.91 Å². The molecule has 0 spiro atoms. The van der Waals surface area contributed by atoms with E-state index in [0.717, 1.165) is 29.8 Å². The molecule has 0 aliphatic heterocycles. The fourth-order valence-electron chi connectivity index (χ4n) is 5.22. The molecule has 2 heterocycles. The molecule has 32 heavy (non-hydrogen) atoms. The van der Waals surface area contributed by atoms with Crippen LogP contribution in [0.25, 0.3) is 11.4 Å². The maximum atomic E-state index is 12.8. The molecule has 4 saturated carbocycles. The van der Waals surface area contributed by atoms with Crippen molar-refractivity contribution in [3.8, 4) is 11.4 Å². The molecule has 10 heteroatoms. The normalized spacial score (nSPS) is 27.3. The SMILES string of the molecule is CS(=O)(=O)C1(c2ccc(C(=O)NC34CC(c5nc(-c6ccc(Cl)cc6)ns5)(C3)C4)o2)CC1. The largest absolute Gasteiger partial charge is 0.454 e. The summed E-state index contributed by atoms with van der Waals surface area (Å²) in [5.41, 5.74) is 0.672. The summed E-state index contributed by atoms with van der Waals surface area (Å²) in [4.78, 5) is 17.5. The van der Waals surface area contributed by atoms with Crippen LogP contribution in [0.3, 0.4) is 0 Å². The first-order valence-corrected chi connectivity index (χ1v) is 13.4. The van der Waals surface area contributed by atoms with E-state index in [2.05, 4.69) is 9.69 Å². The van der Waals surface area contributed by atoms with Crippen molar-refractivity contribution in [1.29, 1.82) is 0 Å². The molecular formula is C22H20ClN3O4S2. The second-order valence-corrected chi connectivity index (χ2v) is 12.9. The predicted octanol–water partition coefficient (Wildman–Crippen LogP) is 4.09. The van der Waals surface area contributed by atoms with Gasteiger partial charge < -0.3 is 9.73 Å². The third-order valence-corrected chi connectivity index (χ3v) is 10.3. The van der Waals surface area contributed by atoms with Gasteiger partial charge in [-0.1, -0.05) is 11.6 Å². The van der Waals surface area contributed by atoms with E-state index in [1.165, 1.54) is 17.8 Å². The molecule has 4 aliphatic rings. The molecule has 0 saturated heterocycles. The number of hydrogen-bond acceptors (Lipinski definition) is 7. The van der Waals surface area contributed by atoms with Crippen molar-refractivity contribution in [2.24, 2.45) is 0 Å². The summed E-state index contributed by atoms with van der Waals surface area (Å²) in [6.07, 6.45) is 4.75. The average molecular weight is 490 g/mol. The van der Waals surface area contributed by atoms with Crippen LogP contribution < -0.4 is 5.32 Å².